The molecule has 2 aromatic rings. The van der Waals surface area contributed by atoms with E-state index in [-0.39, 0.29) is 11.3 Å². The van der Waals surface area contributed by atoms with E-state index in [1.54, 1.807) is 24.4 Å². The number of aromatic nitrogens is 2. The van der Waals surface area contributed by atoms with Crippen molar-refractivity contribution < 1.29 is 14.6 Å². The Morgan fingerprint density at radius 3 is 2.81 bits per heavy atom. The van der Waals surface area contributed by atoms with Crippen molar-refractivity contribution in [3.63, 3.8) is 0 Å². The Kier molecular flexibility index (Phi) is 2.77. The molecule has 80 valence electrons. The predicted molar refractivity (Wildman–Crippen MR) is 55.5 cm³/mol. The van der Waals surface area contributed by atoms with Gasteiger partial charge >= 0.3 is 5.97 Å². The van der Waals surface area contributed by atoms with Gasteiger partial charge < -0.3 is 9.84 Å². The smallest absolute Gasteiger partial charge is 0.339 e. The molecule has 2 rings (SSSR count). The average molecular weight is 216 g/mol. The maximum Gasteiger partial charge on any atom is 0.339 e. The third-order valence-corrected chi connectivity index (χ3v) is 1.87. The van der Waals surface area contributed by atoms with Crippen molar-refractivity contribution in [2.24, 2.45) is 0 Å². The van der Waals surface area contributed by atoms with Crippen LogP contribution in [0.15, 0.2) is 42.9 Å². The standard InChI is InChI=1S/C11H8N2O3/c14-11(15)8-4-6-12-7-9(8)16-10-3-1-2-5-13-10/h1-7H,(H,14,15). The molecule has 0 aliphatic carbocycles. The van der Waals surface area contributed by atoms with Gasteiger partial charge in [0, 0.05) is 18.5 Å². The van der Waals surface area contributed by atoms with Crippen molar-refractivity contribution in [3.8, 4) is 11.6 Å². The minimum Gasteiger partial charge on any atom is -0.478 e. The van der Waals surface area contributed by atoms with Gasteiger partial charge in [-0.1, -0.05) is 6.07 Å². The van der Waals surface area contributed by atoms with E-state index in [4.69, 9.17) is 9.84 Å². The topological polar surface area (TPSA) is 72.3 Å². The molecule has 0 saturated heterocycles. The van der Waals surface area contributed by atoms with Crippen molar-refractivity contribution in [2.75, 3.05) is 0 Å². The third-order valence-electron chi connectivity index (χ3n) is 1.87. The van der Waals surface area contributed by atoms with Crippen LogP contribution in [0.3, 0.4) is 0 Å². The Labute approximate surface area is 91.4 Å². The van der Waals surface area contributed by atoms with E-state index in [1.165, 1.54) is 18.5 Å². The van der Waals surface area contributed by atoms with Crippen LogP contribution in [0.25, 0.3) is 0 Å². The van der Waals surface area contributed by atoms with Gasteiger partial charge in [-0.3, -0.25) is 4.98 Å². The Balaban J connectivity index is 2.31. The van der Waals surface area contributed by atoms with E-state index >= 15 is 0 Å². The van der Waals surface area contributed by atoms with Gasteiger partial charge in [0.25, 0.3) is 0 Å². The Hall–Kier alpha value is -2.43. The van der Waals surface area contributed by atoms with Crippen molar-refractivity contribution >= 4 is 5.97 Å². The Morgan fingerprint density at radius 1 is 1.25 bits per heavy atom. The minimum atomic E-state index is -1.06. The van der Waals surface area contributed by atoms with Gasteiger partial charge in [-0.25, -0.2) is 9.78 Å². The highest BCUT2D eigenvalue weighted by Gasteiger charge is 2.11. The van der Waals surface area contributed by atoms with Crippen LogP contribution in [0.5, 0.6) is 11.6 Å². The number of aromatic carboxylic acids is 1. The number of nitrogens with zero attached hydrogens (tertiary/aromatic N) is 2. The zero-order valence-electron chi connectivity index (χ0n) is 8.20. The molecule has 1 N–H and O–H groups in total. The quantitative estimate of drug-likeness (QED) is 0.849. The number of hydrogen-bond acceptors (Lipinski definition) is 4. The summed E-state index contributed by atoms with van der Waals surface area (Å²) in [5.41, 5.74) is 0.0562. The van der Waals surface area contributed by atoms with E-state index in [9.17, 15) is 4.79 Å². The average Bonchev–Trinajstić information content (AvgIpc) is 2.31. The Morgan fingerprint density at radius 2 is 2.12 bits per heavy atom. The highest BCUT2D eigenvalue weighted by Crippen LogP contribution is 2.22. The first-order valence-corrected chi connectivity index (χ1v) is 4.53. The molecule has 2 heterocycles. The molecule has 2 aromatic heterocycles. The van der Waals surface area contributed by atoms with Gasteiger partial charge in [0.05, 0.1) is 6.20 Å². The van der Waals surface area contributed by atoms with E-state index in [1.807, 2.05) is 0 Å². The molecule has 0 aliphatic heterocycles. The fourth-order valence-corrected chi connectivity index (χ4v) is 1.16. The lowest BCUT2D eigenvalue weighted by Crippen LogP contribution is -2.00. The van der Waals surface area contributed by atoms with Crippen molar-refractivity contribution in [1.29, 1.82) is 0 Å². The second-order valence-corrected chi connectivity index (χ2v) is 2.95. The molecule has 0 fully saturated rings. The molecule has 0 radical (unpaired) electrons. The maximum absolute atomic E-state index is 10.9. The summed E-state index contributed by atoms with van der Waals surface area (Å²) in [7, 11) is 0. The number of carboxylic acid groups (broad SMARTS) is 1. The van der Waals surface area contributed by atoms with Crippen LogP contribution in [0.1, 0.15) is 10.4 Å². The third kappa shape index (κ3) is 2.14. The fourth-order valence-electron chi connectivity index (χ4n) is 1.16. The van der Waals surface area contributed by atoms with Crippen LogP contribution in [-0.4, -0.2) is 21.0 Å². The summed E-state index contributed by atoms with van der Waals surface area (Å²) >= 11 is 0. The van der Waals surface area contributed by atoms with Gasteiger partial charge in [0.15, 0.2) is 5.75 Å². The molecule has 5 nitrogen and oxygen atoms in total. The summed E-state index contributed by atoms with van der Waals surface area (Å²) in [5, 5.41) is 8.92. The van der Waals surface area contributed by atoms with Crippen LogP contribution in [0.2, 0.25) is 0 Å². The molecule has 0 amide bonds. The summed E-state index contributed by atoms with van der Waals surface area (Å²) < 4.78 is 5.32. The number of carboxylic acids is 1. The van der Waals surface area contributed by atoms with E-state index in [0.717, 1.165) is 0 Å². The lowest BCUT2D eigenvalue weighted by molar-refractivity contribution is 0.0694. The van der Waals surface area contributed by atoms with Gasteiger partial charge in [-0.15, -0.1) is 0 Å². The van der Waals surface area contributed by atoms with Crippen molar-refractivity contribution in [2.45, 2.75) is 0 Å². The van der Waals surface area contributed by atoms with Crippen molar-refractivity contribution in [1.82, 2.24) is 9.97 Å². The summed E-state index contributed by atoms with van der Waals surface area (Å²) in [5.74, 6) is -0.556. The van der Waals surface area contributed by atoms with Gasteiger partial charge in [0.2, 0.25) is 5.88 Å². The summed E-state index contributed by atoms with van der Waals surface area (Å²) in [6, 6.07) is 6.51. The number of carbonyl (C=O) groups is 1. The predicted octanol–water partition coefficient (Wildman–Crippen LogP) is 1.97. The van der Waals surface area contributed by atoms with Crippen LogP contribution < -0.4 is 4.74 Å². The van der Waals surface area contributed by atoms with Gasteiger partial charge in [0.1, 0.15) is 5.56 Å². The molecular formula is C11H8N2O3. The number of ether oxygens (including phenoxy) is 1. The molecule has 16 heavy (non-hydrogen) atoms. The first kappa shape index (κ1) is 10.1. The fraction of sp³-hybridized carbons (Fsp3) is 0. The van der Waals surface area contributed by atoms with Crippen LogP contribution in [0, 0.1) is 0 Å². The van der Waals surface area contributed by atoms with Gasteiger partial charge in [-0.05, 0) is 12.1 Å². The first-order chi connectivity index (χ1) is 7.77. The van der Waals surface area contributed by atoms with Crippen LogP contribution in [0.4, 0.5) is 0 Å². The van der Waals surface area contributed by atoms with Gasteiger partial charge in [-0.2, -0.15) is 0 Å². The first-order valence-electron chi connectivity index (χ1n) is 4.53. The van der Waals surface area contributed by atoms with Crippen molar-refractivity contribution in [3.05, 3.63) is 48.4 Å². The summed E-state index contributed by atoms with van der Waals surface area (Å²) in [4.78, 5) is 18.6. The molecule has 0 bridgehead atoms. The molecule has 5 heteroatoms. The molecule has 0 unspecified atom stereocenters. The SMILES string of the molecule is O=C(O)c1ccncc1Oc1ccccn1. The second-order valence-electron chi connectivity index (χ2n) is 2.95. The highest BCUT2D eigenvalue weighted by molar-refractivity contribution is 5.90. The summed E-state index contributed by atoms with van der Waals surface area (Å²) in [6.07, 6.45) is 4.30. The number of hydrogen-bond donors (Lipinski definition) is 1. The zero-order chi connectivity index (χ0) is 11.4. The van der Waals surface area contributed by atoms with Crippen LogP contribution >= 0.6 is 0 Å². The molecule has 0 atom stereocenters. The number of rotatable bonds is 3. The maximum atomic E-state index is 10.9. The molecule has 0 spiro atoms. The number of pyridine rings is 2. The lowest BCUT2D eigenvalue weighted by Gasteiger charge is -2.06. The monoisotopic (exact) mass is 216 g/mol. The summed E-state index contributed by atoms with van der Waals surface area (Å²) in [6.45, 7) is 0. The van der Waals surface area contributed by atoms with E-state index in [0.29, 0.717) is 5.88 Å². The normalized spacial score (nSPS) is 9.75. The lowest BCUT2D eigenvalue weighted by atomic mass is 10.2. The zero-order valence-corrected chi connectivity index (χ0v) is 8.20. The Bertz CT molecular complexity index is 500. The van der Waals surface area contributed by atoms with Crippen LogP contribution in [-0.2, 0) is 0 Å². The van der Waals surface area contributed by atoms with E-state index in [2.05, 4.69) is 9.97 Å². The van der Waals surface area contributed by atoms with E-state index < -0.39 is 5.97 Å². The molecule has 0 aliphatic rings. The molecule has 0 aromatic carbocycles. The highest BCUT2D eigenvalue weighted by atomic mass is 16.5. The molecular weight excluding hydrogens is 208 g/mol. The molecule has 0 saturated carbocycles. The largest absolute Gasteiger partial charge is 0.478 e. The second kappa shape index (κ2) is 4.39. The minimum absolute atomic E-state index is 0.0562.